The summed E-state index contributed by atoms with van der Waals surface area (Å²) in [6.07, 6.45) is 1.67. The Bertz CT molecular complexity index is 278. The number of hydrogen-bond donors (Lipinski definition) is 1. The minimum Gasteiger partial charge on any atom is -0.342 e. The predicted octanol–water partition coefficient (Wildman–Crippen LogP) is 1.01. The Morgan fingerprint density at radius 3 is 2.92 bits per heavy atom. The molecule has 1 heterocycles. The van der Waals surface area contributed by atoms with Crippen LogP contribution in [0.4, 0.5) is 0 Å². The molecule has 3 nitrogen and oxygen atoms in total. The highest BCUT2D eigenvalue weighted by Crippen LogP contribution is 1.98. The van der Waals surface area contributed by atoms with Gasteiger partial charge in [0.25, 0.3) is 0 Å². The summed E-state index contributed by atoms with van der Waals surface area (Å²) in [5, 5.41) is 3.11. The van der Waals surface area contributed by atoms with Gasteiger partial charge in [0.15, 0.2) is 0 Å². The highest BCUT2D eigenvalue weighted by molar-refractivity contribution is 5.79. The molecular formula is C10H12N2O. The summed E-state index contributed by atoms with van der Waals surface area (Å²) in [7, 11) is 0. The van der Waals surface area contributed by atoms with Crippen LogP contribution in [0.15, 0.2) is 35.3 Å². The van der Waals surface area contributed by atoms with Gasteiger partial charge in [-0.3, -0.25) is 5.32 Å². The molecular weight excluding hydrogens is 164 g/mol. The molecule has 1 fully saturated rings. The van der Waals surface area contributed by atoms with Crippen LogP contribution in [-0.2, 0) is 4.74 Å². The molecule has 1 N–H and O–H groups in total. The molecule has 0 aliphatic carbocycles. The highest BCUT2D eigenvalue weighted by Gasteiger charge is 2.10. The van der Waals surface area contributed by atoms with E-state index in [1.54, 1.807) is 0 Å². The smallest absolute Gasteiger partial charge is 0.204 e. The summed E-state index contributed by atoms with van der Waals surface area (Å²) in [4.78, 5) is 4.24. The van der Waals surface area contributed by atoms with Gasteiger partial charge in [-0.2, -0.15) is 0 Å². The first-order chi connectivity index (χ1) is 6.45. The van der Waals surface area contributed by atoms with Crippen molar-refractivity contribution in [2.75, 3.05) is 13.2 Å². The summed E-state index contributed by atoms with van der Waals surface area (Å²) in [5.41, 5.74) is 1.10. The van der Waals surface area contributed by atoms with Crippen LogP contribution in [0.25, 0.3) is 0 Å². The van der Waals surface area contributed by atoms with Crippen molar-refractivity contribution >= 4 is 6.21 Å². The largest absolute Gasteiger partial charge is 0.342 e. The maximum atomic E-state index is 5.27. The second-order valence-corrected chi connectivity index (χ2v) is 2.87. The Labute approximate surface area is 77.4 Å². The second-order valence-electron chi connectivity index (χ2n) is 2.87. The average Bonchev–Trinajstić information content (AvgIpc) is 2.69. The van der Waals surface area contributed by atoms with Gasteiger partial charge in [0.1, 0.15) is 0 Å². The van der Waals surface area contributed by atoms with Crippen molar-refractivity contribution in [3.05, 3.63) is 35.9 Å². The third kappa shape index (κ3) is 2.37. The number of rotatable bonds is 2. The molecule has 2 rings (SSSR count). The number of ether oxygens (including phenoxy) is 1. The monoisotopic (exact) mass is 176 g/mol. The normalized spacial score (nSPS) is 22.6. The van der Waals surface area contributed by atoms with Crippen molar-refractivity contribution in [1.29, 1.82) is 0 Å². The minimum atomic E-state index is -0.153. The lowest BCUT2D eigenvalue weighted by molar-refractivity contribution is 0.109. The summed E-state index contributed by atoms with van der Waals surface area (Å²) >= 11 is 0. The van der Waals surface area contributed by atoms with Crippen LogP contribution < -0.4 is 5.32 Å². The van der Waals surface area contributed by atoms with Crippen molar-refractivity contribution in [1.82, 2.24) is 5.32 Å². The Hall–Kier alpha value is -1.19. The van der Waals surface area contributed by atoms with E-state index in [1.807, 2.05) is 36.5 Å². The Morgan fingerprint density at radius 1 is 1.38 bits per heavy atom. The van der Waals surface area contributed by atoms with Gasteiger partial charge in [0, 0.05) is 12.8 Å². The maximum absolute atomic E-state index is 5.27. The fourth-order valence-electron chi connectivity index (χ4n) is 1.20. The van der Waals surface area contributed by atoms with Gasteiger partial charge >= 0.3 is 0 Å². The third-order valence-electron chi connectivity index (χ3n) is 1.86. The molecule has 68 valence electrons. The van der Waals surface area contributed by atoms with E-state index in [2.05, 4.69) is 10.3 Å². The van der Waals surface area contributed by atoms with Crippen LogP contribution in [0.5, 0.6) is 0 Å². The van der Waals surface area contributed by atoms with Crippen molar-refractivity contribution in [2.45, 2.75) is 6.35 Å². The van der Waals surface area contributed by atoms with Gasteiger partial charge in [-0.15, -0.1) is 0 Å². The van der Waals surface area contributed by atoms with E-state index in [-0.39, 0.29) is 6.35 Å². The van der Waals surface area contributed by atoms with Crippen LogP contribution in [0.1, 0.15) is 5.56 Å². The van der Waals surface area contributed by atoms with Gasteiger partial charge in [-0.05, 0) is 5.56 Å². The fourth-order valence-corrected chi connectivity index (χ4v) is 1.20. The first kappa shape index (κ1) is 8.41. The van der Waals surface area contributed by atoms with Crippen molar-refractivity contribution in [3.8, 4) is 0 Å². The molecule has 1 aliphatic rings. The van der Waals surface area contributed by atoms with E-state index in [4.69, 9.17) is 4.74 Å². The van der Waals surface area contributed by atoms with Crippen LogP contribution in [0.2, 0.25) is 0 Å². The number of benzene rings is 1. The van der Waals surface area contributed by atoms with Crippen molar-refractivity contribution < 1.29 is 4.74 Å². The molecule has 3 heteroatoms. The number of hydrogen-bond acceptors (Lipinski definition) is 3. The number of nitrogens with zero attached hydrogens (tertiary/aromatic N) is 1. The molecule has 0 amide bonds. The van der Waals surface area contributed by atoms with Crippen molar-refractivity contribution in [3.63, 3.8) is 0 Å². The molecule has 1 unspecified atom stereocenters. The van der Waals surface area contributed by atoms with Gasteiger partial charge in [-0.25, -0.2) is 4.99 Å². The zero-order valence-electron chi connectivity index (χ0n) is 7.31. The molecule has 13 heavy (non-hydrogen) atoms. The molecule has 1 aromatic rings. The van der Waals surface area contributed by atoms with E-state index in [9.17, 15) is 0 Å². The molecule has 0 bridgehead atoms. The Morgan fingerprint density at radius 2 is 2.23 bits per heavy atom. The SMILES string of the molecule is C(=NC1NCCO1)c1ccccc1. The first-order valence-corrected chi connectivity index (χ1v) is 4.38. The standard InChI is InChI=1S/C10H12N2O/c1-2-4-9(5-3-1)8-12-10-11-6-7-13-10/h1-5,8,10-11H,6-7H2. The lowest BCUT2D eigenvalue weighted by Crippen LogP contribution is -2.19. The van der Waals surface area contributed by atoms with E-state index in [0.29, 0.717) is 0 Å². The lowest BCUT2D eigenvalue weighted by atomic mass is 10.2. The van der Waals surface area contributed by atoms with E-state index in [1.165, 1.54) is 0 Å². The molecule has 1 atom stereocenters. The van der Waals surface area contributed by atoms with Gasteiger partial charge in [0.05, 0.1) is 6.61 Å². The van der Waals surface area contributed by atoms with E-state index < -0.39 is 0 Å². The van der Waals surface area contributed by atoms with Crippen LogP contribution in [0.3, 0.4) is 0 Å². The first-order valence-electron chi connectivity index (χ1n) is 4.38. The molecule has 0 radical (unpaired) electrons. The molecule has 1 aliphatic heterocycles. The lowest BCUT2D eigenvalue weighted by Gasteiger charge is -2.01. The summed E-state index contributed by atoms with van der Waals surface area (Å²) in [6.45, 7) is 1.63. The predicted molar refractivity (Wildman–Crippen MR) is 51.8 cm³/mol. The second kappa shape index (κ2) is 4.16. The third-order valence-corrected chi connectivity index (χ3v) is 1.86. The van der Waals surface area contributed by atoms with Crippen LogP contribution in [-0.4, -0.2) is 25.7 Å². The molecule has 1 aromatic carbocycles. The Balaban J connectivity index is 1.97. The van der Waals surface area contributed by atoms with Gasteiger partial charge in [-0.1, -0.05) is 30.3 Å². The minimum absolute atomic E-state index is 0.153. The maximum Gasteiger partial charge on any atom is 0.204 e. The molecule has 0 spiro atoms. The average molecular weight is 176 g/mol. The molecule has 0 saturated carbocycles. The zero-order chi connectivity index (χ0) is 8.93. The summed E-state index contributed by atoms with van der Waals surface area (Å²) in [5.74, 6) is 0. The number of aliphatic imine (C=N–C) groups is 1. The fraction of sp³-hybridized carbons (Fsp3) is 0.300. The van der Waals surface area contributed by atoms with Crippen molar-refractivity contribution in [2.24, 2.45) is 4.99 Å². The quantitative estimate of drug-likeness (QED) is 0.682. The van der Waals surface area contributed by atoms with Crippen LogP contribution >= 0.6 is 0 Å². The topological polar surface area (TPSA) is 33.6 Å². The number of nitrogens with one attached hydrogen (secondary N) is 1. The molecule has 1 saturated heterocycles. The zero-order valence-corrected chi connectivity index (χ0v) is 7.31. The molecule has 0 aromatic heterocycles. The Kier molecular flexibility index (Phi) is 2.69. The van der Waals surface area contributed by atoms with E-state index in [0.717, 1.165) is 18.7 Å². The summed E-state index contributed by atoms with van der Waals surface area (Å²) in [6, 6.07) is 9.99. The van der Waals surface area contributed by atoms with Gasteiger partial charge in [0.2, 0.25) is 6.35 Å². The van der Waals surface area contributed by atoms with Gasteiger partial charge < -0.3 is 4.74 Å². The van der Waals surface area contributed by atoms with Crippen LogP contribution in [0, 0.1) is 0 Å². The highest BCUT2D eigenvalue weighted by atomic mass is 16.5. The van der Waals surface area contributed by atoms with E-state index >= 15 is 0 Å². The summed E-state index contributed by atoms with van der Waals surface area (Å²) < 4.78 is 5.27.